The van der Waals surface area contributed by atoms with Gasteiger partial charge in [-0.2, -0.15) is 6.92 Å². The molecule has 4 rings (SSSR count). The van der Waals surface area contributed by atoms with Crippen LogP contribution in [0.3, 0.4) is 0 Å². The van der Waals surface area contributed by atoms with Crippen LogP contribution in [0.2, 0.25) is 0 Å². The number of fused-ring (bicyclic) bond motifs is 2. The number of ether oxygens (including phenoxy) is 3. The number of carbonyl (C=O) groups excluding carboxylic acids is 7. The van der Waals surface area contributed by atoms with Crippen molar-refractivity contribution in [2.75, 3.05) is 0 Å². The number of hydrogen-bond donors (Lipinski definition) is 0. The van der Waals surface area contributed by atoms with E-state index in [0.29, 0.717) is 35.5 Å². The third-order valence-electron chi connectivity index (χ3n) is 19.9. The van der Waals surface area contributed by atoms with Crippen molar-refractivity contribution in [3.05, 3.63) is 234 Å². The zero-order valence-electron chi connectivity index (χ0n) is 75.3. The Labute approximate surface area is 722 Å². The first kappa shape index (κ1) is 111. The maximum Gasteiger partial charge on any atom is 1.00 e. The molecule has 2 aliphatic rings. The molecule has 12 heteroatoms. The van der Waals surface area contributed by atoms with E-state index in [2.05, 4.69) is 201 Å². The summed E-state index contributed by atoms with van der Waals surface area (Å²) in [6.45, 7) is 45.8. The van der Waals surface area contributed by atoms with Gasteiger partial charge >= 0.3 is 53.4 Å². The Balaban J connectivity index is -0.000000941. The van der Waals surface area contributed by atoms with Gasteiger partial charge in [0, 0.05) is 51.0 Å². The molecule has 0 heterocycles. The number of ketones is 2. The van der Waals surface area contributed by atoms with Gasteiger partial charge in [0.1, 0.15) is 11.5 Å². The number of carbonyl (C=O) groups is 6. The quantitative estimate of drug-likeness (QED) is 0.0154. The molecule has 0 bridgehead atoms. The third kappa shape index (κ3) is 52.6. The van der Waals surface area contributed by atoms with E-state index in [1.807, 2.05) is 62.4 Å². The zero-order chi connectivity index (χ0) is 84.1. The molecule has 0 amide bonds. The van der Waals surface area contributed by atoms with E-state index in [9.17, 15) is 28.8 Å². The summed E-state index contributed by atoms with van der Waals surface area (Å²) in [6, 6.07) is 7.58. The standard InChI is InChI=1S/C50H70O4.C46H66O2.C4H6O3.C2H3O.CH4.Na.H2O.H2/c1-36(2)20-14-21-37(3)22-15-23-38(4)24-16-25-39(5)26-17-27-40(6)28-18-29-41(7)30-19-31-42(8)34-35-46-43(9)49(53-44(10)51)47-32-12-13-33-48(47)50(46)54-45(11)52;1-34(2)18-12-19-35(3)20-13-21-36(4)22-14-23-37(5)24-15-25-38(6)26-16-27-39(7)28-17-29-40(8)32-33-42-41(9)45(47)43-30-10-11-31-44(43)46(42)48;1-3(5)7-4(2)6;1-2-3;;;;/h12-13,20,22,24,26,28,30,32-34H,14-19,21,23,25,27,29,31,35H2,1-11H3;10-11,18,20,22,24,26,28,30-32,43-44H,12-17,19,21,23,25,27,29,33H2,1-9H3;1-2H3;1H3;1H4;;1H2;1H/q;;;-1;;+1;;/p-1/b37-22+,38-24+,39-26+,40-28+,41-30+,42-34+;35-20+,36-22+,37-24+,38-26+,39-28+,40-32+;;;;;;/i;;;;;;;1+1. The SMILES string of the molecule is C.CC(=O)OC(C)=O.CC(=O)Oc1c(C)c(C/C=C(\C)CC/C=C(\C)CC/C=C(\C)CC/C=C(\C)CC/C=C(\C)CC/C=C(\C)CCC=C(C)C)c(OC(C)=O)c2ccccc12.CC(C)=CCC/C(C)=C/CC/C(C)=C/CC/C(C)=C/CC/C(C)=C/CC/C(C)=C/CC/C(C)=C/CC1=C(C)C(=O)C2C=CC=CC2C1=O.C[C-]=O.[2HH].[Na+].[OH-]. The van der Waals surface area contributed by atoms with Crippen LogP contribution in [0.1, 0.15) is 333 Å². The van der Waals surface area contributed by atoms with Crippen LogP contribution in [0.4, 0.5) is 0 Å². The second-order valence-corrected chi connectivity index (χ2v) is 31.5. The van der Waals surface area contributed by atoms with Crippen molar-refractivity contribution in [1.82, 2.24) is 0 Å². The van der Waals surface area contributed by atoms with Crippen LogP contribution in [-0.4, -0.2) is 47.2 Å². The van der Waals surface area contributed by atoms with Crippen molar-refractivity contribution >= 4 is 52.5 Å². The maximum atomic E-state index is 13.1. The molecule has 115 heavy (non-hydrogen) atoms. The van der Waals surface area contributed by atoms with Gasteiger partial charge in [0.05, 0.1) is 11.8 Å². The van der Waals surface area contributed by atoms with Gasteiger partial charge in [-0.3, -0.25) is 35.1 Å². The Morgan fingerprint density at radius 3 is 0.852 bits per heavy atom. The van der Waals surface area contributed by atoms with Gasteiger partial charge in [-0.05, 0) is 303 Å². The summed E-state index contributed by atoms with van der Waals surface area (Å²) in [5, 5.41) is 1.51. The van der Waals surface area contributed by atoms with Crippen molar-refractivity contribution < 1.29 is 84.2 Å². The Morgan fingerprint density at radius 1 is 0.365 bits per heavy atom. The van der Waals surface area contributed by atoms with Crippen molar-refractivity contribution in [1.29, 1.82) is 0 Å². The molecule has 2 aromatic carbocycles. The maximum absolute atomic E-state index is 13.1. The Morgan fingerprint density at radius 2 is 0.600 bits per heavy atom. The van der Waals surface area contributed by atoms with Crippen molar-refractivity contribution in [2.45, 2.75) is 334 Å². The first-order chi connectivity index (χ1) is 53.1. The number of rotatable bonds is 42. The number of benzene rings is 2. The van der Waals surface area contributed by atoms with Gasteiger partial charge < -0.3 is 24.5 Å². The van der Waals surface area contributed by atoms with Crippen LogP contribution in [0, 0.1) is 18.8 Å². The molecule has 632 valence electrons. The molecule has 11 nitrogen and oxygen atoms in total. The molecule has 2 atom stereocenters. The summed E-state index contributed by atoms with van der Waals surface area (Å²) in [4.78, 5) is 78.2. The summed E-state index contributed by atoms with van der Waals surface area (Å²) < 4.78 is 15.4. The van der Waals surface area contributed by atoms with Gasteiger partial charge in [0.25, 0.3) is 0 Å². The largest absolute Gasteiger partial charge is 1.00 e. The number of allylic oxidation sites excluding steroid dienone is 34. The average Bonchev–Trinajstić information content (AvgIpc) is 0.769. The number of Topliss-reactive ketones (excluding diaryl/α,β-unsaturated/α-hetero) is 2. The molecule has 0 saturated heterocycles. The van der Waals surface area contributed by atoms with E-state index in [1.54, 1.807) is 0 Å². The Kier molecular flexibility index (Phi) is 63.4. The minimum absolute atomic E-state index is 0. The molecule has 0 aromatic heterocycles. The number of esters is 4. The zero-order valence-corrected chi connectivity index (χ0v) is 77.3. The fourth-order valence-corrected chi connectivity index (χ4v) is 13.1. The summed E-state index contributed by atoms with van der Waals surface area (Å²) in [7, 11) is 0. The topological polar surface area (TPSA) is 177 Å². The molecule has 0 spiro atoms. The fourth-order valence-electron chi connectivity index (χ4n) is 13.1. The molecule has 0 saturated carbocycles. The normalized spacial score (nSPS) is 15.1. The van der Waals surface area contributed by atoms with E-state index >= 15 is 0 Å². The predicted octanol–water partition coefficient (Wildman–Crippen LogP) is 26.3. The fraction of sp³-hybridized carbons (Fsp3) is 0.505. The Bertz CT molecular complexity index is 3950. The van der Waals surface area contributed by atoms with Gasteiger partial charge in [0.15, 0.2) is 11.6 Å². The first-order valence-corrected chi connectivity index (χ1v) is 41.3. The molecular formula is C103H152NaO11-. The molecule has 0 fully saturated rings. The van der Waals surface area contributed by atoms with Crippen molar-refractivity contribution in [3.63, 3.8) is 0 Å². The smallest absolute Gasteiger partial charge is 0.870 e. The average molecular weight is 1590 g/mol. The van der Waals surface area contributed by atoms with E-state index in [-0.39, 0.29) is 79.2 Å². The van der Waals surface area contributed by atoms with Gasteiger partial charge in [0.2, 0.25) is 0 Å². The van der Waals surface area contributed by atoms with Gasteiger partial charge in [-0.1, -0.05) is 219 Å². The second-order valence-electron chi connectivity index (χ2n) is 31.5. The molecule has 2 aliphatic carbocycles. The van der Waals surface area contributed by atoms with Crippen molar-refractivity contribution in [3.8, 4) is 11.5 Å². The van der Waals surface area contributed by atoms with Gasteiger partial charge in [-0.25, -0.2) is 0 Å². The first-order valence-electron chi connectivity index (χ1n) is 41.3. The minimum Gasteiger partial charge on any atom is -0.870 e. The van der Waals surface area contributed by atoms with Crippen LogP contribution >= 0.6 is 0 Å². The summed E-state index contributed by atoms with van der Waals surface area (Å²) in [6.07, 6.45) is 69.9. The minimum atomic E-state index is -0.562. The third-order valence-corrected chi connectivity index (χ3v) is 19.9. The molecular weight excluding hydrogens is 1440 g/mol. The van der Waals surface area contributed by atoms with Crippen LogP contribution < -0.4 is 39.0 Å². The Hall–Kier alpha value is -7.67. The molecule has 1 N–H and O–H groups in total. The van der Waals surface area contributed by atoms with Crippen LogP contribution in [0.5, 0.6) is 11.5 Å². The molecule has 2 unspecified atom stereocenters. The second kappa shape index (κ2) is 65.4. The predicted molar refractivity (Wildman–Crippen MR) is 487 cm³/mol. The van der Waals surface area contributed by atoms with E-state index in [4.69, 9.17) is 14.3 Å². The number of hydrogen-bond acceptors (Lipinski definition) is 11. The van der Waals surface area contributed by atoms with Crippen LogP contribution in [0.15, 0.2) is 223 Å². The monoisotopic (exact) mass is 1590 g/mol. The van der Waals surface area contributed by atoms with E-state index in [0.717, 1.165) is 157 Å². The van der Waals surface area contributed by atoms with E-state index in [1.165, 1.54) is 138 Å². The summed E-state index contributed by atoms with van der Waals surface area (Å²) in [5.41, 5.74) is 23.2. The summed E-state index contributed by atoms with van der Waals surface area (Å²) >= 11 is 0. The van der Waals surface area contributed by atoms with Crippen molar-refractivity contribution in [2.24, 2.45) is 11.8 Å². The van der Waals surface area contributed by atoms with E-state index < -0.39 is 11.9 Å². The molecule has 0 radical (unpaired) electrons. The summed E-state index contributed by atoms with van der Waals surface area (Å²) in [5.74, 6) is -1.25. The van der Waals surface area contributed by atoms with Crippen LogP contribution in [0.25, 0.3) is 10.8 Å². The van der Waals surface area contributed by atoms with Crippen LogP contribution in [-0.2, 0) is 44.7 Å². The molecule has 2 aromatic rings. The van der Waals surface area contributed by atoms with Gasteiger partial charge in [-0.15, -0.1) is 0 Å². The molecule has 0 aliphatic heterocycles.